The monoisotopic (exact) mass is 583 g/mol. The van der Waals surface area contributed by atoms with Crippen LogP contribution in [0.5, 0.6) is 11.5 Å². The van der Waals surface area contributed by atoms with Gasteiger partial charge < -0.3 is 24.4 Å². The summed E-state index contributed by atoms with van der Waals surface area (Å²) in [6.45, 7) is 6.59. The summed E-state index contributed by atoms with van der Waals surface area (Å²) in [5.74, 6) is -0.210. The Kier molecular flexibility index (Phi) is 8.92. The van der Waals surface area contributed by atoms with Crippen molar-refractivity contribution < 1.29 is 37.0 Å². The molecule has 218 valence electrons. The number of hydrogen-bond acceptors (Lipinski definition) is 6. The highest BCUT2D eigenvalue weighted by Gasteiger charge is 2.36. The Morgan fingerprint density at radius 2 is 1.75 bits per heavy atom. The highest BCUT2D eigenvalue weighted by Crippen LogP contribution is 2.36. The average Bonchev–Trinajstić information content (AvgIpc) is 3.32. The van der Waals surface area contributed by atoms with E-state index in [1.54, 1.807) is 56.0 Å². The molecule has 0 saturated carbocycles. The molecule has 12 heteroatoms. The number of alkyl halides is 3. The van der Waals surface area contributed by atoms with Gasteiger partial charge in [-0.15, -0.1) is 13.2 Å². The van der Waals surface area contributed by atoms with Crippen LogP contribution in [0.25, 0.3) is 0 Å². The maximum Gasteiger partial charge on any atom is 0.573 e. The molecular weight excluding hydrogens is 551 g/mol. The maximum absolute atomic E-state index is 13.1. The Hall–Kier alpha value is -3.34. The summed E-state index contributed by atoms with van der Waals surface area (Å²) in [6, 6.07) is 10.2. The molecule has 40 heavy (non-hydrogen) atoms. The van der Waals surface area contributed by atoms with E-state index in [0.717, 1.165) is 12.8 Å². The van der Waals surface area contributed by atoms with Gasteiger partial charge in [0.05, 0.1) is 17.3 Å². The number of para-hydroxylation sites is 2. The number of amides is 2. The lowest BCUT2D eigenvalue weighted by molar-refractivity contribution is -0.274. The molecule has 0 bridgehead atoms. The van der Waals surface area contributed by atoms with Crippen LogP contribution in [0.1, 0.15) is 46.5 Å². The third-order valence-corrected chi connectivity index (χ3v) is 6.80. The number of rotatable bonds is 6. The second-order valence-electron chi connectivity index (χ2n) is 10.8. The number of nitrogens with zero attached hydrogens (tertiary/aromatic N) is 2. The smallest absolute Gasteiger partial charge is 0.487 e. The van der Waals surface area contributed by atoms with Crippen molar-refractivity contribution in [2.45, 2.75) is 70.6 Å². The van der Waals surface area contributed by atoms with E-state index >= 15 is 0 Å². The Morgan fingerprint density at radius 1 is 1.00 bits per heavy atom. The van der Waals surface area contributed by atoms with Crippen molar-refractivity contribution in [2.24, 2.45) is 0 Å². The van der Waals surface area contributed by atoms with E-state index in [0.29, 0.717) is 49.6 Å². The Morgan fingerprint density at radius 3 is 2.45 bits per heavy atom. The van der Waals surface area contributed by atoms with Crippen LogP contribution in [-0.2, 0) is 9.53 Å². The molecule has 0 aromatic heterocycles. The minimum absolute atomic E-state index is 0.267. The molecule has 8 nitrogen and oxygen atoms in total. The lowest BCUT2D eigenvalue weighted by Crippen LogP contribution is -2.51. The number of halogens is 4. The maximum atomic E-state index is 13.1. The topological polar surface area (TPSA) is 80.3 Å². The molecule has 0 radical (unpaired) electrons. The summed E-state index contributed by atoms with van der Waals surface area (Å²) in [6.07, 6.45) is -2.93. The standard InChI is InChI=1S/C28H33ClF3N3O5/c1-27(2,3)40-26(37)35-14-7-6-9-22(35)25(36)33-18-11-12-23(20(29)16-18)38-19-13-15-34(17-19)21-8-4-5-10-24(21)39-28(30,31)32/h4-5,8,10-12,16,19,22H,6-7,9,13-15,17H2,1-3H3,(H,33,36)/t19-,22+/m0/s1. The van der Waals surface area contributed by atoms with Crippen molar-refractivity contribution in [1.82, 2.24) is 4.90 Å². The fraction of sp³-hybridized carbons (Fsp3) is 0.500. The molecular formula is C28H33ClF3N3O5. The Bertz CT molecular complexity index is 1220. The van der Waals surface area contributed by atoms with Crippen LogP contribution < -0.4 is 19.7 Å². The molecule has 2 atom stereocenters. The molecule has 2 fully saturated rings. The summed E-state index contributed by atoms with van der Waals surface area (Å²) < 4.78 is 54.2. The van der Waals surface area contributed by atoms with Gasteiger partial charge in [-0.1, -0.05) is 23.7 Å². The molecule has 2 heterocycles. The van der Waals surface area contributed by atoms with Crippen molar-refractivity contribution in [2.75, 3.05) is 29.9 Å². The molecule has 0 unspecified atom stereocenters. The first-order chi connectivity index (χ1) is 18.8. The lowest BCUT2D eigenvalue weighted by Gasteiger charge is -2.35. The SMILES string of the molecule is CC(C)(C)OC(=O)N1CCCC[C@@H]1C(=O)Nc1ccc(O[C@H]2CCN(c3ccccc3OC(F)(F)F)C2)c(Cl)c1. The van der Waals surface area contributed by atoms with Gasteiger partial charge in [0.15, 0.2) is 5.75 Å². The number of ether oxygens (including phenoxy) is 3. The predicted molar refractivity (Wildman–Crippen MR) is 145 cm³/mol. The molecule has 2 saturated heterocycles. The summed E-state index contributed by atoms with van der Waals surface area (Å²) in [5.41, 5.74) is 0.108. The summed E-state index contributed by atoms with van der Waals surface area (Å²) >= 11 is 6.46. The van der Waals surface area contributed by atoms with Crippen molar-refractivity contribution >= 4 is 35.0 Å². The molecule has 2 aliphatic rings. The first kappa shape index (κ1) is 29.6. The second-order valence-corrected chi connectivity index (χ2v) is 11.2. The fourth-order valence-electron chi connectivity index (χ4n) is 4.80. The summed E-state index contributed by atoms with van der Waals surface area (Å²) in [4.78, 5) is 29.0. The predicted octanol–water partition coefficient (Wildman–Crippen LogP) is 6.62. The van der Waals surface area contributed by atoms with E-state index in [1.165, 1.54) is 17.0 Å². The average molecular weight is 584 g/mol. The van der Waals surface area contributed by atoms with Crippen LogP contribution in [0.3, 0.4) is 0 Å². The zero-order valence-electron chi connectivity index (χ0n) is 22.6. The van der Waals surface area contributed by atoms with Crippen LogP contribution in [-0.4, -0.2) is 60.6 Å². The summed E-state index contributed by atoms with van der Waals surface area (Å²) in [7, 11) is 0. The number of piperidine rings is 1. The molecule has 2 aromatic rings. The van der Waals surface area contributed by atoms with E-state index in [9.17, 15) is 22.8 Å². The van der Waals surface area contributed by atoms with E-state index in [4.69, 9.17) is 21.1 Å². The van der Waals surface area contributed by atoms with Gasteiger partial charge in [0.1, 0.15) is 23.5 Å². The van der Waals surface area contributed by atoms with Crippen LogP contribution in [0.15, 0.2) is 42.5 Å². The molecule has 2 aliphatic heterocycles. The Labute approximate surface area is 236 Å². The quantitative estimate of drug-likeness (QED) is 0.411. The van der Waals surface area contributed by atoms with Gasteiger partial charge in [-0.2, -0.15) is 0 Å². The lowest BCUT2D eigenvalue weighted by atomic mass is 10.0. The van der Waals surface area contributed by atoms with Crippen LogP contribution in [0, 0.1) is 0 Å². The van der Waals surface area contributed by atoms with E-state index in [2.05, 4.69) is 10.1 Å². The number of hydrogen-bond donors (Lipinski definition) is 1. The molecule has 0 aliphatic carbocycles. The van der Waals surface area contributed by atoms with Crippen LogP contribution in [0.4, 0.5) is 29.3 Å². The van der Waals surface area contributed by atoms with Gasteiger partial charge in [-0.05, 0) is 70.4 Å². The van der Waals surface area contributed by atoms with Crippen molar-refractivity contribution in [1.29, 1.82) is 0 Å². The van der Waals surface area contributed by atoms with Gasteiger partial charge in [0.25, 0.3) is 0 Å². The van der Waals surface area contributed by atoms with E-state index < -0.39 is 24.1 Å². The van der Waals surface area contributed by atoms with E-state index in [-0.39, 0.29) is 22.8 Å². The number of nitrogens with one attached hydrogen (secondary N) is 1. The first-order valence-electron chi connectivity index (χ1n) is 13.2. The molecule has 2 amide bonds. The fourth-order valence-corrected chi connectivity index (χ4v) is 5.02. The van der Waals surface area contributed by atoms with Crippen molar-refractivity contribution in [3.8, 4) is 11.5 Å². The third-order valence-electron chi connectivity index (χ3n) is 6.50. The number of likely N-dealkylation sites (tertiary alicyclic amines) is 1. The van der Waals surface area contributed by atoms with Crippen LogP contribution in [0.2, 0.25) is 5.02 Å². The van der Waals surface area contributed by atoms with Crippen molar-refractivity contribution in [3.63, 3.8) is 0 Å². The zero-order chi connectivity index (χ0) is 29.1. The molecule has 1 N–H and O–H groups in total. The number of carbonyl (C=O) groups excluding carboxylic acids is 2. The molecule has 2 aromatic carbocycles. The highest BCUT2D eigenvalue weighted by molar-refractivity contribution is 6.32. The van der Waals surface area contributed by atoms with Gasteiger partial charge in [-0.25, -0.2) is 4.79 Å². The number of benzene rings is 2. The van der Waals surface area contributed by atoms with Gasteiger partial charge in [0, 0.05) is 25.2 Å². The highest BCUT2D eigenvalue weighted by atomic mass is 35.5. The Balaban J connectivity index is 1.37. The second kappa shape index (κ2) is 12.0. The molecule has 0 spiro atoms. The van der Waals surface area contributed by atoms with E-state index in [1.807, 2.05) is 0 Å². The normalized spacial score (nSPS) is 19.8. The number of carbonyl (C=O) groups is 2. The number of anilines is 2. The largest absolute Gasteiger partial charge is 0.573 e. The van der Waals surface area contributed by atoms with Gasteiger partial charge >= 0.3 is 12.5 Å². The van der Waals surface area contributed by atoms with Crippen LogP contribution >= 0.6 is 11.6 Å². The third kappa shape index (κ3) is 7.87. The minimum atomic E-state index is -4.79. The van der Waals surface area contributed by atoms with Crippen molar-refractivity contribution in [3.05, 3.63) is 47.5 Å². The minimum Gasteiger partial charge on any atom is -0.487 e. The first-order valence-corrected chi connectivity index (χ1v) is 13.5. The molecule has 4 rings (SSSR count). The van der Waals surface area contributed by atoms with Gasteiger partial charge in [0.2, 0.25) is 5.91 Å². The summed E-state index contributed by atoms with van der Waals surface area (Å²) in [5, 5.41) is 3.10. The van der Waals surface area contributed by atoms with Gasteiger partial charge in [-0.3, -0.25) is 9.69 Å². The zero-order valence-corrected chi connectivity index (χ0v) is 23.3.